The Morgan fingerprint density at radius 3 is 2.67 bits per heavy atom. The zero-order valence-electron chi connectivity index (χ0n) is 9.67. The third kappa shape index (κ3) is 3.83. The van der Waals surface area contributed by atoms with Gasteiger partial charge in [-0.15, -0.1) is 12.3 Å². The summed E-state index contributed by atoms with van der Waals surface area (Å²) in [5.74, 6) is 2.88. The average molecular weight is 209 g/mol. The Morgan fingerprint density at radius 2 is 2.13 bits per heavy atom. The van der Waals surface area contributed by atoms with Crippen molar-refractivity contribution in [2.75, 3.05) is 0 Å². The van der Waals surface area contributed by atoms with Crippen LogP contribution in [0, 0.1) is 18.3 Å². The molecule has 1 amide bonds. The van der Waals surface area contributed by atoms with Crippen LogP contribution in [0.1, 0.15) is 40.0 Å². The zero-order chi connectivity index (χ0) is 11.5. The molecule has 0 heterocycles. The van der Waals surface area contributed by atoms with Crippen molar-refractivity contribution in [3.63, 3.8) is 0 Å². The fourth-order valence-electron chi connectivity index (χ4n) is 1.79. The second-order valence-electron chi connectivity index (χ2n) is 4.96. The predicted molar refractivity (Wildman–Crippen MR) is 59.3 cm³/mol. The van der Waals surface area contributed by atoms with E-state index in [1.165, 1.54) is 0 Å². The molecule has 2 atom stereocenters. The maximum absolute atomic E-state index is 11.5. The van der Waals surface area contributed by atoms with E-state index in [0.717, 1.165) is 19.3 Å². The molecule has 0 aromatic rings. The van der Waals surface area contributed by atoms with Crippen LogP contribution in [0.15, 0.2) is 0 Å². The fourth-order valence-corrected chi connectivity index (χ4v) is 1.79. The van der Waals surface area contributed by atoms with E-state index in [2.05, 4.69) is 11.2 Å². The van der Waals surface area contributed by atoms with Gasteiger partial charge in [0.05, 0.1) is 0 Å². The molecular formula is C12H19NO2. The normalized spacial score (nSPS) is 25.7. The van der Waals surface area contributed by atoms with Crippen molar-refractivity contribution in [3.05, 3.63) is 0 Å². The van der Waals surface area contributed by atoms with Crippen molar-refractivity contribution in [1.82, 2.24) is 5.32 Å². The van der Waals surface area contributed by atoms with Gasteiger partial charge in [0.15, 0.2) is 0 Å². The molecule has 3 nitrogen and oxygen atoms in total. The van der Waals surface area contributed by atoms with Gasteiger partial charge in [0.2, 0.25) is 0 Å². The van der Waals surface area contributed by atoms with E-state index in [-0.39, 0.29) is 18.1 Å². The molecule has 84 valence electrons. The van der Waals surface area contributed by atoms with Crippen LogP contribution in [0.5, 0.6) is 0 Å². The minimum absolute atomic E-state index is 0.0878. The molecular weight excluding hydrogens is 190 g/mol. The molecule has 1 rings (SSSR count). The molecule has 1 saturated carbocycles. The number of carbonyl (C=O) groups excluding carboxylic acids is 1. The summed E-state index contributed by atoms with van der Waals surface area (Å²) in [7, 11) is 0. The number of hydrogen-bond donors (Lipinski definition) is 1. The van der Waals surface area contributed by atoms with Crippen molar-refractivity contribution in [1.29, 1.82) is 0 Å². The molecule has 1 aliphatic carbocycles. The Morgan fingerprint density at radius 1 is 1.47 bits per heavy atom. The summed E-state index contributed by atoms with van der Waals surface area (Å²) in [6.45, 7) is 5.54. The van der Waals surface area contributed by atoms with Gasteiger partial charge in [-0.05, 0) is 33.6 Å². The van der Waals surface area contributed by atoms with E-state index in [1.807, 2.05) is 20.8 Å². The Bertz CT molecular complexity index is 272. The maximum Gasteiger partial charge on any atom is 0.407 e. The van der Waals surface area contributed by atoms with E-state index >= 15 is 0 Å². The lowest BCUT2D eigenvalue weighted by atomic mass is 10.1. The maximum atomic E-state index is 11.5. The van der Waals surface area contributed by atoms with Crippen LogP contribution in [0.3, 0.4) is 0 Å². The van der Waals surface area contributed by atoms with Gasteiger partial charge in [0.1, 0.15) is 5.60 Å². The Labute approximate surface area is 91.6 Å². The molecule has 0 unspecified atom stereocenters. The first-order valence-corrected chi connectivity index (χ1v) is 5.38. The highest BCUT2D eigenvalue weighted by Gasteiger charge is 2.28. The van der Waals surface area contributed by atoms with Gasteiger partial charge in [-0.1, -0.05) is 6.42 Å². The van der Waals surface area contributed by atoms with Crippen LogP contribution >= 0.6 is 0 Å². The average Bonchev–Trinajstić information content (AvgIpc) is 2.48. The standard InChI is InChI=1S/C12H19NO2/c1-5-9-7-6-8-10(9)13-11(14)15-12(2,3)4/h1,9-10H,6-8H2,2-4H3,(H,13,14)/t9-,10-/m1/s1. The summed E-state index contributed by atoms with van der Waals surface area (Å²) >= 11 is 0. The van der Waals surface area contributed by atoms with E-state index < -0.39 is 5.60 Å². The lowest BCUT2D eigenvalue weighted by Crippen LogP contribution is -2.40. The molecule has 0 spiro atoms. The molecule has 1 aliphatic rings. The molecule has 0 radical (unpaired) electrons. The lowest BCUT2D eigenvalue weighted by Gasteiger charge is -2.23. The lowest BCUT2D eigenvalue weighted by molar-refractivity contribution is 0.0499. The van der Waals surface area contributed by atoms with Gasteiger partial charge < -0.3 is 10.1 Å². The van der Waals surface area contributed by atoms with Gasteiger partial charge in [0, 0.05) is 12.0 Å². The van der Waals surface area contributed by atoms with Gasteiger partial charge in [-0.25, -0.2) is 4.79 Å². The van der Waals surface area contributed by atoms with E-state index in [0.29, 0.717) is 0 Å². The first-order chi connectivity index (χ1) is 6.92. The van der Waals surface area contributed by atoms with Crippen molar-refractivity contribution < 1.29 is 9.53 Å². The van der Waals surface area contributed by atoms with Crippen LogP contribution in [0.2, 0.25) is 0 Å². The minimum Gasteiger partial charge on any atom is -0.444 e. The molecule has 0 aromatic carbocycles. The highest BCUT2D eigenvalue weighted by Crippen LogP contribution is 2.25. The van der Waals surface area contributed by atoms with Gasteiger partial charge in [-0.3, -0.25) is 0 Å². The first-order valence-electron chi connectivity index (χ1n) is 5.38. The number of nitrogens with one attached hydrogen (secondary N) is 1. The molecule has 0 bridgehead atoms. The van der Waals surface area contributed by atoms with E-state index in [4.69, 9.17) is 11.2 Å². The summed E-state index contributed by atoms with van der Waals surface area (Å²) in [5, 5.41) is 2.83. The molecule has 1 N–H and O–H groups in total. The topological polar surface area (TPSA) is 38.3 Å². The van der Waals surface area contributed by atoms with Crippen LogP contribution in [-0.2, 0) is 4.74 Å². The highest BCUT2D eigenvalue weighted by atomic mass is 16.6. The smallest absolute Gasteiger partial charge is 0.407 e. The number of carbonyl (C=O) groups is 1. The Balaban J connectivity index is 2.42. The van der Waals surface area contributed by atoms with Crippen LogP contribution in [-0.4, -0.2) is 17.7 Å². The molecule has 1 fully saturated rings. The number of amides is 1. The summed E-state index contributed by atoms with van der Waals surface area (Å²) in [6.07, 6.45) is 8.05. The van der Waals surface area contributed by atoms with Crippen LogP contribution in [0.25, 0.3) is 0 Å². The molecule has 15 heavy (non-hydrogen) atoms. The Hall–Kier alpha value is -1.17. The SMILES string of the molecule is C#C[C@@H]1CCC[C@H]1NC(=O)OC(C)(C)C. The summed E-state index contributed by atoms with van der Waals surface area (Å²) in [5.41, 5.74) is -0.450. The molecule has 0 aliphatic heterocycles. The van der Waals surface area contributed by atoms with Crippen molar-refractivity contribution in [3.8, 4) is 12.3 Å². The Kier molecular flexibility index (Phi) is 3.62. The summed E-state index contributed by atoms with van der Waals surface area (Å²) in [4.78, 5) is 11.5. The monoisotopic (exact) mass is 209 g/mol. The first kappa shape index (κ1) is 11.9. The third-order valence-corrected chi connectivity index (χ3v) is 2.43. The van der Waals surface area contributed by atoms with Crippen molar-refractivity contribution in [2.45, 2.75) is 51.7 Å². The predicted octanol–water partition coefficient (Wildman–Crippen LogP) is 2.31. The number of terminal acetylenes is 1. The molecule has 0 saturated heterocycles. The van der Waals surface area contributed by atoms with Crippen LogP contribution < -0.4 is 5.32 Å². The zero-order valence-corrected chi connectivity index (χ0v) is 9.67. The van der Waals surface area contributed by atoms with Gasteiger partial charge in [0.25, 0.3) is 0 Å². The summed E-state index contributed by atoms with van der Waals surface area (Å²) in [6, 6.07) is 0.0878. The second kappa shape index (κ2) is 4.57. The van der Waals surface area contributed by atoms with Crippen molar-refractivity contribution >= 4 is 6.09 Å². The number of hydrogen-bond acceptors (Lipinski definition) is 2. The van der Waals surface area contributed by atoms with Crippen molar-refractivity contribution in [2.24, 2.45) is 5.92 Å². The van der Waals surface area contributed by atoms with E-state index in [1.54, 1.807) is 0 Å². The third-order valence-electron chi connectivity index (χ3n) is 2.43. The fraction of sp³-hybridized carbons (Fsp3) is 0.750. The highest BCUT2D eigenvalue weighted by molar-refractivity contribution is 5.68. The van der Waals surface area contributed by atoms with Gasteiger partial charge >= 0.3 is 6.09 Å². The second-order valence-corrected chi connectivity index (χ2v) is 4.96. The molecule has 0 aromatic heterocycles. The number of alkyl carbamates (subject to hydrolysis) is 1. The minimum atomic E-state index is -0.450. The van der Waals surface area contributed by atoms with Gasteiger partial charge in [-0.2, -0.15) is 0 Å². The molecule has 3 heteroatoms. The van der Waals surface area contributed by atoms with E-state index in [9.17, 15) is 4.79 Å². The quantitative estimate of drug-likeness (QED) is 0.673. The van der Waals surface area contributed by atoms with Crippen LogP contribution in [0.4, 0.5) is 4.79 Å². The largest absolute Gasteiger partial charge is 0.444 e. The summed E-state index contributed by atoms with van der Waals surface area (Å²) < 4.78 is 5.17. The number of ether oxygens (including phenoxy) is 1. The number of rotatable bonds is 1.